The number of nitrogens with zero attached hydrogens (tertiary/aromatic N) is 2. The van der Waals surface area contributed by atoms with Gasteiger partial charge in [-0.15, -0.1) is 0 Å². The lowest BCUT2D eigenvalue weighted by Crippen LogP contribution is -2.34. The number of hydrogen-bond acceptors (Lipinski definition) is 4. The molecule has 0 radical (unpaired) electrons. The van der Waals surface area contributed by atoms with Gasteiger partial charge in [0, 0.05) is 23.3 Å². The average Bonchev–Trinajstić information content (AvgIpc) is 2.11. The van der Waals surface area contributed by atoms with Crippen LogP contribution in [0.15, 0.2) is 17.1 Å². The standard InChI is InChI=1S/C13H21N3O3/c1-12(2,3)14-11-10(16(18)19)9(17)7-8-15(11)13(4,5)6/h7-8,14H,1-6H3. The van der Waals surface area contributed by atoms with Gasteiger partial charge in [-0.3, -0.25) is 14.9 Å². The van der Waals surface area contributed by atoms with E-state index in [1.165, 1.54) is 6.07 Å². The predicted molar refractivity (Wildman–Crippen MR) is 75.7 cm³/mol. The number of pyridine rings is 1. The van der Waals surface area contributed by atoms with Crippen LogP contribution in [-0.2, 0) is 5.54 Å². The topological polar surface area (TPSA) is 77.2 Å². The minimum atomic E-state index is -0.626. The summed E-state index contributed by atoms with van der Waals surface area (Å²) in [7, 11) is 0. The Morgan fingerprint density at radius 1 is 1.21 bits per heavy atom. The van der Waals surface area contributed by atoms with Crippen LogP contribution in [0.1, 0.15) is 41.5 Å². The minimum absolute atomic E-state index is 0.248. The van der Waals surface area contributed by atoms with Crippen LogP contribution in [0.5, 0.6) is 0 Å². The summed E-state index contributed by atoms with van der Waals surface area (Å²) in [5, 5.41) is 14.2. The quantitative estimate of drug-likeness (QED) is 0.660. The van der Waals surface area contributed by atoms with Gasteiger partial charge in [-0.1, -0.05) is 0 Å². The van der Waals surface area contributed by atoms with Crippen molar-refractivity contribution in [3.8, 4) is 0 Å². The summed E-state index contributed by atoms with van der Waals surface area (Å²) in [6.07, 6.45) is 1.59. The van der Waals surface area contributed by atoms with Gasteiger partial charge in [0.2, 0.25) is 0 Å². The van der Waals surface area contributed by atoms with Gasteiger partial charge in [-0.25, -0.2) is 0 Å². The molecular weight excluding hydrogens is 246 g/mol. The van der Waals surface area contributed by atoms with Crippen molar-refractivity contribution in [2.45, 2.75) is 52.6 Å². The number of nitrogens with one attached hydrogen (secondary N) is 1. The van der Waals surface area contributed by atoms with Crippen LogP contribution >= 0.6 is 0 Å². The lowest BCUT2D eigenvalue weighted by Gasteiger charge is -2.30. The molecule has 0 fully saturated rings. The zero-order valence-corrected chi connectivity index (χ0v) is 12.3. The Morgan fingerprint density at radius 2 is 1.74 bits per heavy atom. The highest BCUT2D eigenvalue weighted by molar-refractivity contribution is 5.58. The number of anilines is 1. The van der Waals surface area contributed by atoms with Crippen molar-refractivity contribution in [3.63, 3.8) is 0 Å². The summed E-state index contributed by atoms with van der Waals surface area (Å²) in [4.78, 5) is 22.3. The number of hydrogen-bond donors (Lipinski definition) is 1. The molecule has 0 atom stereocenters. The van der Waals surface area contributed by atoms with Gasteiger partial charge >= 0.3 is 5.69 Å². The maximum Gasteiger partial charge on any atom is 0.356 e. The summed E-state index contributed by atoms with van der Waals surface area (Å²) in [6.45, 7) is 11.4. The first-order chi connectivity index (χ1) is 8.43. The predicted octanol–water partition coefficient (Wildman–Crippen LogP) is 2.72. The van der Waals surface area contributed by atoms with E-state index in [1.54, 1.807) is 10.8 Å². The van der Waals surface area contributed by atoms with Gasteiger partial charge in [-0.2, -0.15) is 0 Å². The molecule has 0 bridgehead atoms. The number of rotatable bonds is 2. The van der Waals surface area contributed by atoms with Crippen LogP contribution in [0.2, 0.25) is 0 Å². The first-order valence-corrected chi connectivity index (χ1v) is 6.12. The zero-order valence-electron chi connectivity index (χ0n) is 12.3. The summed E-state index contributed by atoms with van der Waals surface area (Å²) < 4.78 is 1.72. The highest BCUT2D eigenvalue weighted by Crippen LogP contribution is 2.28. The smallest absolute Gasteiger partial charge is 0.356 e. The Morgan fingerprint density at radius 3 is 2.11 bits per heavy atom. The Kier molecular flexibility index (Phi) is 3.74. The van der Waals surface area contributed by atoms with Crippen molar-refractivity contribution < 1.29 is 4.92 Å². The number of nitro groups is 1. The monoisotopic (exact) mass is 267 g/mol. The fourth-order valence-corrected chi connectivity index (χ4v) is 1.74. The molecule has 0 amide bonds. The summed E-state index contributed by atoms with van der Waals surface area (Å²) in [5.41, 5.74) is -1.75. The van der Waals surface area contributed by atoms with E-state index >= 15 is 0 Å². The Labute approximate surface area is 112 Å². The summed E-state index contributed by atoms with van der Waals surface area (Å²) in [5.74, 6) is 0.248. The van der Waals surface area contributed by atoms with E-state index in [1.807, 2.05) is 41.5 Å². The van der Waals surface area contributed by atoms with Crippen molar-refractivity contribution >= 4 is 11.5 Å². The third kappa shape index (κ3) is 3.56. The zero-order chi connectivity index (χ0) is 15.0. The van der Waals surface area contributed by atoms with E-state index in [9.17, 15) is 14.9 Å². The highest BCUT2D eigenvalue weighted by Gasteiger charge is 2.28. The van der Waals surface area contributed by atoms with Crippen LogP contribution in [0.4, 0.5) is 11.5 Å². The molecule has 106 valence electrons. The Bertz CT molecular complexity index is 548. The van der Waals surface area contributed by atoms with E-state index in [0.29, 0.717) is 0 Å². The summed E-state index contributed by atoms with van der Waals surface area (Å²) in [6, 6.07) is 1.23. The third-order valence-electron chi connectivity index (χ3n) is 2.47. The molecule has 1 N–H and O–H groups in total. The summed E-state index contributed by atoms with van der Waals surface area (Å²) >= 11 is 0. The fourth-order valence-electron chi connectivity index (χ4n) is 1.74. The minimum Gasteiger partial charge on any atom is -0.361 e. The molecule has 0 aliphatic rings. The molecule has 0 saturated carbocycles. The van der Waals surface area contributed by atoms with Gasteiger partial charge in [0.05, 0.1) is 4.92 Å². The van der Waals surface area contributed by atoms with Crippen molar-refractivity contribution in [2.75, 3.05) is 5.32 Å². The van der Waals surface area contributed by atoms with Gasteiger partial charge in [0.1, 0.15) is 0 Å². The molecule has 1 heterocycles. The van der Waals surface area contributed by atoms with Gasteiger partial charge in [-0.05, 0) is 41.5 Å². The van der Waals surface area contributed by atoms with Gasteiger partial charge in [0.25, 0.3) is 5.43 Å². The SMILES string of the molecule is CC(C)(C)Nc1c([N+](=O)[O-])c(=O)ccn1C(C)(C)C. The lowest BCUT2D eigenvalue weighted by molar-refractivity contribution is -0.385. The maximum absolute atomic E-state index is 11.8. The van der Waals surface area contributed by atoms with Gasteiger partial charge in [0.15, 0.2) is 5.82 Å². The Hall–Kier alpha value is -1.85. The van der Waals surface area contributed by atoms with Crippen molar-refractivity contribution in [1.82, 2.24) is 4.57 Å². The largest absolute Gasteiger partial charge is 0.361 e. The molecule has 1 aromatic rings. The van der Waals surface area contributed by atoms with Crippen molar-refractivity contribution in [3.05, 3.63) is 32.6 Å². The molecule has 6 nitrogen and oxygen atoms in total. The van der Waals surface area contributed by atoms with Crippen molar-refractivity contribution in [1.29, 1.82) is 0 Å². The van der Waals surface area contributed by atoms with Crippen LogP contribution in [0.3, 0.4) is 0 Å². The fraction of sp³-hybridized carbons (Fsp3) is 0.615. The molecular formula is C13H21N3O3. The first kappa shape index (κ1) is 15.2. The molecule has 1 rings (SSSR count). The number of aromatic nitrogens is 1. The molecule has 1 aromatic heterocycles. The molecule has 0 spiro atoms. The molecule has 0 aliphatic carbocycles. The van der Waals surface area contributed by atoms with E-state index in [0.717, 1.165) is 0 Å². The van der Waals surface area contributed by atoms with Crippen LogP contribution in [0.25, 0.3) is 0 Å². The highest BCUT2D eigenvalue weighted by atomic mass is 16.6. The second-order valence-corrected chi connectivity index (χ2v) is 6.55. The molecule has 19 heavy (non-hydrogen) atoms. The second kappa shape index (κ2) is 4.68. The van der Waals surface area contributed by atoms with Crippen LogP contribution < -0.4 is 10.7 Å². The van der Waals surface area contributed by atoms with Crippen LogP contribution in [-0.4, -0.2) is 15.0 Å². The van der Waals surface area contributed by atoms with E-state index in [4.69, 9.17) is 0 Å². The van der Waals surface area contributed by atoms with E-state index in [2.05, 4.69) is 5.32 Å². The van der Waals surface area contributed by atoms with E-state index in [-0.39, 0.29) is 16.9 Å². The van der Waals surface area contributed by atoms with Crippen LogP contribution in [0, 0.1) is 10.1 Å². The molecule has 0 aliphatic heterocycles. The molecule has 0 unspecified atom stereocenters. The maximum atomic E-state index is 11.8. The molecule has 0 aromatic carbocycles. The third-order valence-corrected chi connectivity index (χ3v) is 2.47. The van der Waals surface area contributed by atoms with Crippen molar-refractivity contribution in [2.24, 2.45) is 0 Å². The first-order valence-electron chi connectivity index (χ1n) is 6.12. The molecule has 6 heteroatoms. The Balaban J connectivity index is 3.64. The normalized spacial score (nSPS) is 12.3. The van der Waals surface area contributed by atoms with E-state index < -0.39 is 16.0 Å². The average molecular weight is 267 g/mol. The second-order valence-electron chi connectivity index (χ2n) is 6.55. The van der Waals surface area contributed by atoms with Gasteiger partial charge < -0.3 is 9.88 Å². The molecule has 0 saturated heterocycles. The lowest BCUT2D eigenvalue weighted by atomic mass is 10.1.